The van der Waals surface area contributed by atoms with Crippen LogP contribution in [0.25, 0.3) is 133 Å². The Morgan fingerprint density at radius 2 is 0.551 bits per heavy atom. The zero-order valence-electron chi connectivity index (χ0n) is 75.0. The van der Waals surface area contributed by atoms with Crippen molar-refractivity contribution in [1.82, 2.24) is 9.13 Å². The van der Waals surface area contributed by atoms with Gasteiger partial charge in [-0.05, 0) is 219 Å². The molecule has 0 saturated heterocycles. The highest BCUT2D eigenvalue weighted by atomic mass is 16.5. The molecule has 0 atom stereocenters. The number of para-hydroxylation sites is 1. The molecule has 2 aromatic heterocycles. The number of fused-ring (bicyclic) bond motifs is 12. The largest absolute Gasteiger partial charge is 0.457 e. The van der Waals surface area contributed by atoms with E-state index in [1.165, 1.54) is 82.3 Å². The second-order valence-electron chi connectivity index (χ2n) is 40.1. The summed E-state index contributed by atoms with van der Waals surface area (Å²) in [6.45, 7) is 32.5. The van der Waals surface area contributed by atoms with Crippen LogP contribution >= 0.6 is 0 Å². The molecule has 6 heteroatoms. The van der Waals surface area contributed by atoms with E-state index < -0.39 is 5.41 Å². The summed E-state index contributed by atoms with van der Waals surface area (Å²) >= 11 is 0. The summed E-state index contributed by atoms with van der Waals surface area (Å²) in [5.41, 5.74) is 38.8. The van der Waals surface area contributed by atoms with E-state index in [9.17, 15) is 0 Å². The molecule has 0 aliphatic carbocycles. The average Bonchev–Trinajstić information content (AvgIpc) is 1.41. The molecule has 22 rings (SSSR count). The molecule has 17 aromatic carbocycles. The predicted molar refractivity (Wildman–Crippen MR) is 541 cm³/mol. The molecule has 127 heavy (non-hydrogen) atoms. The molecule has 616 valence electrons. The van der Waals surface area contributed by atoms with Gasteiger partial charge in [0.2, 0.25) is 0 Å². The smallest absolute Gasteiger partial charge is 0.252 e. The van der Waals surface area contributed by atoms with Crippen LogP contribution in [0.1, 0.15) is 130 Å². The molecule has 3 aliphatic rings. The van der Waals surface area contributed by atoms with E-state index in [1.807, 2.05) is 0 Å². The summed E-state index contributed by atoms with van der Waals surface area (Å²) in [5.74, 6) is 1.75. The van der Waals surface area contributed by atoms with E-state index in [2.05, 4.69) is 486 Å². The molecular formula is C121H103BN4O. The first-order chi connectivity index (χ1) is 61.3. The minimum atomic E-state index is -0.440. The average molecular weight is 1640 g/mol. The molecule has 0 amide bonds. The maximum Gasteiger partial charge on any atom is 0.252 e. The van der Waals surface area contributed by atoms with Crippen molar-refractivity contribution in [2.75, 3.05) is 9.80 Å². The summed E-state index contributed by atoms with van der Waals surface area (Å²) in [7, 11) is 0. The predicted octanol–water partition coefficient (Wildman–Crippen LogP) is 31.3. The minimum Gasteiger partial charge on any atom is -0.457 e. The van der Waals surface area contributed by atoms with E-state index in [0.717, 1.165) is 146 Å². The Hall–Kier alpha value is -14.2. The highest BCUT2D eigenvalue weighted by Gasteiger charge is 2.47. The van der Waals surface area contributed by atoms with Gasteiger partial charge in [-0.15, -0.1) is 0 Å². The number of aromatic nitrogens is 2. The Kier molecular flexibility index (Phi) is 18.3. The van der Waals surface area contributed by atoms with Crippen LogP contribution in [0, 0.1) is 0 Å². The van der Waals surface area contributed by atoms with Gasteiger partial charge in [-0.25, -0.2) is 0 Å². The van der Waals surface area contributed by atoms with Gasteiger partial charge in [-0.2, -0.15) is 0 Å². The number of rotatable bonds is 11. The Labute approximate surface area is 747 Å². The van der Waals surface area contributed by atoms with Gasteiger partial charge in [-0.3, -0.25) is 0 Å². The monoisotopic (exact) mass is 1640 g/mol. The minimum absolute atomic E-state index is 0.140. The standard InChI is InChI=1S/C121H103BN4O/c1-117(2,3)86-50-56-92-93-57-51-87(118(4,5)6)71-105(93)123(104(92)70-86)90-54-60-102-108(74-90)125(115-96(78-39-25-17-26-40-78)63-83(76-35-21-15-22-36-76)64-97(115)79-41-27-18-28-42-79)110-68-85(82-49-62-113-101(67-82)121(13,14)100-47-33-34-48-112(100)127-113)69-111-114(110)122(102)103-61-55-91(124-106-72-88(119(7,8)9)52-58-94(106)95-59-53-89(73-107(95)124)120(10,11)12)75-109(103)126(111)116-98(80-43-29-19-30-44-80)65-84(77-37-23-16-24-38-77)66-99(116)81-45-31-20-32-46-81/h15-75H,1-14H3. The van der Waals surface area contributed by atoms with Crippen LogP contribution in [0.5, 0.6) is 11.5 Å². The molecule has 0 spiro atoms. The molecule has 0 unspecified atom stereocenters. The maximum absolute atomic E-state index is 7.06. The van der Waals surface area contributed by atoms with Crippen molar-refractivity contribution in [2.45, 2.75) is 124 Å². The van der Waals surface area contributed by atoms with Crippen LogP contribution < -0.4 is 30.9 Å². The first-order valence-electron chi connectivity index (χ1n) is 45.1. The fourth-order valence-corrected chi connectivity index (χ4v) is 20.7. The molecule has 0 bridgehead atoms. The van der Waals surface area contributed by atoms with Gasteiger partial charge in [0.25, 0.3) is 6.71 Å². The van der Waals surface area contributed by atoms with Crippen molar-refractivity contribution >= 4 is 101 Å². The zero-order chi connectivity index (χ0) is 86.9. The molecule has 19 aromatic rings. The third-order valence-electron chi connectivity index (χ3n) is 27.5. The quantitative estimate of drug-likeness (QED) is 0.121. The second kappa shape index (κ2) is 29.5. The zero-order valence-corrected chi connectivity index (χ0v) is 75.0. The molecule has 0 fully saturated rings. The summed E-state index contributed by atoms with van der Waals surface area (Å²) in [6.07, 6.45) is 0. The summed E-state index contributed by atoms with van der Waals surface area (Å²) in [6, 6.07) is 142. The van der Waals surface area contributed by atoms with Gasteiger partial charge in [0, 0.05) is 94.5 Å². The van der Waals surface area contributed by atoms with Crippen molar-refractivity contribution < 1.29 is 4.74 Å². The molecule has 5 heterocycles. The van der Waals surface area contributed by atoms with Gasteiger partial charge < -0.3 is 23.7 Å². The Bertz CT molecular complexity index is 6980. The van der Waals surface area contributed by atoms with Crippen molar-refractivity contribution in [3.8, 4) is 101 Å². The number of ether oxygens (including phenoxy) is 1. The maximum atomic E-state index is 7.06. The highest BCUT2D eigenvalue weighted by Crippen LogP contribution is 2.58. The number of anilines is 6. The van der Waals surface area contributed by atoms with E-state index in [1.54, 1.807) is 0 Å². The van der Waals surface area contributed by atoms with Gasteiger partial charge in [0.15, 0.2) is 0 Å². The Morgan fingerprint density at radius 3 is 0.890 bits per heavy atom. The van der Waals surface area contributed by atoms with Crippen molar-refractivity contribution in [2.24, 2.45) is 0 Å². The lowest BCUT2D eigenvalue weighted by molar-refractivity contribution is 0.418. The van der Waals surface area contributed by atoms with Crippen molar-refractivity contribution in [3.05, 3.63) is 403 Å². The van der Waals surface area contributed by atoms with E-state index in [-0.39, 0.29) is 28.4 Å². The first kappa shape index (κ1) is 78.8. The number of hydrogen-bond acceptors (Lipinski definition) is 3. The number of nitrogens with zero attached hydrogens (tertiary/aromatic N) is 4. The Balaban J connectivity index is 0.948. The van der Waals surface area contributed by atoms with Gasteiger partial charge in [0.05, 0.1) is 33.4 Å². The summed E-state index contributed by atoms with van der Waals surface area (Å²) < 4.78 is 12.3. The number of benzene rings is 17. The van der Waals surface area contributed by atoms with Crippen LogP contribution in [0.3, 0.4) is 0 Å². The number of hydrogen-bond donors (Lipinski definition) is 0. The van der Waals surface area contributed by atoms with E-state index in [0.29, 0.717) is 0 Å². The fraction of sp³-hybridized carbons (Fsp3) is 0.157. The molecule has 5 nitrogen and oxygen atoms in total. The Morgan fingerprint density at radius 1 is 0.244 bits per heavy atom. The van der Waals surface area contributed by atoms with Crippen molar-refractivity contribution in [3.63, 3.8) is 0 Å². The molecule has 0 radical (unpaired) electrons. The SMILES string of the molecule is CC(C)(C)c1ccc2c3ccc(C(C)(C)C)cc3n(-c3ccc4c(c3)N(c3c(-c5ccccc5)cc(-c5ccccc5)cc3-c3ccccc3)c3cc(-c5ccc6c(c5)C(C)(C)c5ccccc5O6)cc5c3B4c3ccc(-n4c6cc(C(C)(C)C)ccc6c6ccc(C(C)(C)C)cc64)cc3N5c3c(-c4ccccc4)cc(-c4ccccc4)cc3-c3ccccc3)c2c1. The molecule has 0 N–H and O–H groups in total. The molecule has 0 saturated carbocycles. The van der Waals surface area contributed by atoms with Crippen LogP contribution in [-0.2, 0) is 27.1 Å². The third kappa shape index (κ3) is 13.2. The van der Waals surface area contributed by atoms with Gasteiger partial charge in [-0.1, -0.05) is 364 Å². The summed E-state index contributed by atoms with van der Waals surface area (Å²) in [5, 5.41) is 4.89. The second-order valence-corrected chi connectivity index (χ2v) is 40.1. The summed E-state index contributed by atoms with van der Waals surface area (Å²) in [4.78, 5) is 5.50. The van der Waals surface area contributed by atoms with Crippen LogP contribution in [0.2, 0.25) is 0 Å². The van der Waals surface area contributed by atoms with Gasteiger partial charge >= 0.3 is 0 Å². The topological polar surface area (TPSA) is 25.6 Å². The first-order valence-corrected chi connectivity index (χ1v) is 45.1. The van der Waals surface area contributed by atoms with Crippen LogP contribution in [0.15, 0.2) is 370 Å². The lowest BCUT2D eigenvalue weighted by Gasteiger charge is -2.46. The highest BCUT2D eigenvalue weighted by molar-refractivity contribution is 7.00. The van der Waals surface area contributed by atoms with Gasteiger partial charge in [0.1, 0.15) is 11.5 Å². The third-order valence-corrected chi connectivity index (χ3v) is 27.5. The van der Waals surface area contributed by atoms with Crippen LogP contribution in [-0.4, -0.2) is 15.8 Å². The lowest BCUT2D eigenvalue weighted by atomic mass is 9.33. The van der Waals surface area contributed by atoms with Crippen molar-refractivity contribution in [1.29, 1.82) is 0 Å². The molecular weight excluding hydrogens is 1540 g/mol. The molecule has 3 aliphatic heterocycles. The van der Waals surface area contributed by atoms with E-state index >= 15 is 0 Å². The van der Waals surface area contributed by atoms with Crippen LogP contribution in [0.4, 0.5) is 34.1 Å². The fourth-order valence-electron chi connectivity index (χ4n) is 20.7. The van der Waals surface area contributed by atoms with E-state index in [4.69, 9.17) is 4.74 Å². The lowest BCUT2D eigenvalue weighted by Crippen LogP contribution is -2.61. The normalized spacial score (nSPS) is 13.5.